The second kappa shape index (κ2) is 4.44. The van der Waals surface area contributed by atoms with E-state index in [0.717, 1.165) is 12.2 Å². The minimum absolute atomic E-state index is 0.283. The highest BCUT2D eigenvalue weighted by Crippen LogP contribution is 2.21. The third-order valence-electron chi connectivity index (χ3n) is 0.870. The van der Waals surface area contributed by atoms with Crippen LogP contribution in [0.3, 0.4) is 0 Å². The minimum Gasteiger partial charge on any atom is -0.406 e. The summed E-state index contributed by atoms with van der Waals surface area (Å²) >= 11 is 0. The van der Waals surface area contributed by atoms with Crippen molar-refractivity contribution in [2.24, 2.45) is 5.18 Å². The number of nitroso groups, excluding NO2 is 1. The first kappa shape index (κ1) is 11.4. The Morgan fingerprint density at radius 3 is 2.31 bits per heavy atom. The fourth-order valence-corrected chi connectivity index (χ4v) is 0.466. The fraction of sp³-hybridized carbons (Fsp3) is 0.143. The van der Waals surface area contributed by atoms with Gasteiger partial charge in [-0.25, -0.2) is 0 Å². The molecule has 0 rings (SSSR count). The van der Waals surface area contributed by atoms with E-state index in [9.17, 15) is 18.1 Å². The Bertz CT molecular complexity index is 245. The van der Waals surface area contributed by atoms with E-state index in [2.05, 4.69) is 23.1 Å². The molecular formula is C7H6F3NO2. The second-order valence-corrected chi connectivity index (χ2v) is 1.88. The van der Waals surface area contributed by atoms with Crippen LogP contribution >= 0.6 is 0 Å². The van der Waals surface area contributed by atoms with Crippen LogP contribution in [0.1, 0.15) is 0 Å². The smallest absolute Gasteiger partial charge is 0.406 e. The summed E-state index contributed by atoms with van der Waals surface area (Å²) in [6, 6.07) is 0. The third kappa shape index (κ3) is 5.66. The lowest BCUT2D eigenvalue weighted by Gasteiger charge is -2.07. The first-order chi connectivity index (χ1) is 5.89. The molecule has 0 spiro atoms. The molecule has 72 valence electrons. The number of nitrogens with zero attached hydrogens (tertiary/aromatic N) is 1. The quantitative estimate of drug-likeness (QED) is 0.391. The van der Waals surface area contributed by atoms with Crippen LogP contribution in [-0.4, -0.2) is 6.36 Å². The highest BCUT2D eigenvalue weighted by molar-refractivity contribution is 5.23. The van der Waals surface area contributed by atoms with Crippen molar-refractivity contribution in [2.45, 2.75) is 6.36 Å². The van der Waals surface area contributed by atoms with Gasteiger partial charge in [-0.3, -0.25) is 0 Å². The average molecular weight is 193 g/mol. The van der Waals surface area contributed by atoms with Crippen LogP contribution in [0.4, 0.5) is 13.2 Å². The number of ether oxygens (including phenoxy) is 1. The summed E-state index contributed by atoms with van der Waals surface area (Å²) in [4.78, 5) is 9.87. The van der Waals surface area contributed by atoms with E-state index in [1.54, 1.807) is 0 Å². The summed E-state index contributed by atoms with van der Waals surface area (Å²) in [5.41, 5.74) is -0.283. The molecule has 0 radical (unpaired) electrons. The molecule has 0 saturated carbocycles. The van der Waals surface area contributed by atoms with E-state index in [1.165, 1.54) is 0 Å². The van der Waals surface area contributed by atoms with E-state index >= 15 is 0 Å². The van der Waals surface area contributed by atoms with Crippen molar-refractivity contribution >= 4 is 0 Å². The van der Waals surface area contributed by atoms with E-state index in [1.807, 2.05) is 0 Å². The standard InChI is InChI=1S/C7H6F3NO2/c1-3-6(11-12)4-5(2)13-7(8,9)10/h3-4H,1-2H2/b6-4+. The van der Waals surface area contributed by atoms with E-state index in [-0.39, 0.29) is 5.70 Å². The number of rotatable bonds is 4. The maximum absolute atomic E-state index is 11.5. The molecule has 0 saturated heterocycles. The molecule has 0 amide bonds. The summed E-state index contributed by atoms with van der Waals surface area (Å²) in [5.74, 6) is -0.720. The molecule has 0 bridgehead atoms. The van der Waals surface area contributed by atoms with Crippen molar-refractivity contribution < 1.29 is 17.9 Å². The molecule has 0 aliphatic carbocycles. The topological polar surface area (TPSA) is 38.7 Å². The summed E-state index contributed by atoms with van der Waals surface area (Å²) < 4.78 is 37.9. The predicted molar refractivity (Wildman–Crippen MR) is 40.4 cm³/mol. The van der Waals surface area contributed by atoms with Gasteiger partial charge in [-0.05, 0) is 11.3 Å². The predicted octanol–water partition coefficient (Wildman–Crippen LogP) is 2.87. The van der Waals surface area contributed by atoms with Crippen LogP contribution in [-0.2, 0) is 4.74 Å². The van der Waals surface area contributed by atoms with Crippen LogP contribution in [0.5, 0.6) is 0 Å². The molecule has 0 aliphatic rings. The Hall–Kier alpha value is -1.59. The molecule has 3 nitrogen and oxygen atoms in total. The van der Waals surface area contributed by atoms with Crippen LogP contribution < -0.4 is 0 Å². The maximum atomic E-state index is 11.5. The lowest BCUT2D eigenvalue weighted by atomic mass is 10.4. The van der Waals surface area contributed by atoms with Crippen molar-refractivity contribution in [3.8, 4) is 0 Å². The zero-order valence-electron chi connectivity index (χ0n) is 6.47. The zero-order valence-corrected chi connectivity index (χ0v) is 6.47. The Morgan fingerprint density at radius 1 is 1.46 bits per heavy atom. The zero-order chi connectivity index (χ0) is 10.5. The van der Waals surface area contributed by atoms with Gasteiger partial charge in [0.15, 0.2) is 0 Å². The summed E-state index contributed by atoms with van der Waals surface area (Å²) in [5, 5.41) is 2.36. The third-order valence-corrected chi connectivity index (χ3v) is 0.870. The van der Waals surface area contributed by atoms with Gasteiger partial charge in [0.25, 0.3) is 0 Å². The maximum Gasteiger partial charge on any atom is 0.573 e. The van der Waals surface area contributed by atoms with Gasteiger partial charge in [-0.2, -0.15) is 0 Å². The Balaban J connectivity index is 4.38. The van der Waals surface area contributed by atoms with Gasteiger partial charge in [-0.15, -0.1) is 18.1 Å². The molecule has 0 N–H and O–H groups in total. The largest absolute Gasteiger partial charge is 0.573 e. The first-order valence-corrected chi connectivity index (χ1v) is 3.01. The van der Waals surface area contributed by atoms with Crippen LogP contribution in [0.2, 0.25) is 0 Å². The number of allylic oxidation sites excluding steroid dienone is 2. The van der Waals surface area contributed by atoms with Crippen molar-refractivity contribution in [3.05, 3.63) is 41.7 Å². The van der Waals surface area contributed by atoms with Crippen molar-refractivity contribution in [1.29, 1.82) is 0 Å². The van der Waals surface area contributed by atoms with E-state index < -0.39 is 12.1 Å². The molecule has 0 atom stereocenters. The van der Waals surface area contributed by atoms with Gasteiger partial charge in [0.1, 0.15) is 11.5 Å². The highest BCUT2D eigenvalue weighted by Gasteiger charge is 2.31. The van der Waals surface area contributed by atoms with E-state index in [4.69, 9.17) is 0 Å². The normalized spacial score (nSPS) is 12.1. The van der Waals surface area contributed by atoms with Crippen LogP contribution in [0.15, 0.2) is 41.9 Å². The molecule has 0 aromatic rings. The molecule has 0 aliphatic heterocycles. The second-order valence-electron chi connectivity index (χ2n) is 1.88. The van der Waals surface area contributed by atoms with E-state index in [0.29, 0.717) is 0 Å². The van der Waals surface area contributed by atoms with Crippen LogP contribution in [0.25, 0.3) is 0 Å². The fourth-order valence-electron chi connectivity index (χ4n) is 0.466. The van der Waals surface area contributed by atoms with Gasteiger partial charge in [-0.1, -0.05) is 13.2 Å². The molecule has 6 heteroatoms. The Labute approximate surface area is 72.2 Å². The lowest BCUT2D eigenvalue weighted by Crippen LogP contribution is -2.11. The summed E-state index contributed by atoms with van der Waals surface area (Å²) in [6.45, 7) is 6.05. The Morgan fingerprint density at radius 2 is 2.00 bits per heavy atom. The number of halogens is 3. The molecule has 0 unspecified atom stereocenters. The molecular weight excluding hydrogens is 187 g/mol. The molecule has 0 aromatic heterocycles. The molecule has 13 heavy (non-hydrogen) atoms. The molecule has 0 heterocycles. The van der Waals surface area contributed by atoms with Gasteiger partial charge in [0, 0.05) is 6.08 Å². The number of hydrogen-bond donors (Lipinski definition) is 0. The van der Waals surface area contributed by atoms with Crippen LogP contribution in [0, 0.1) is 4.91 Å². The first-order valence-electron chi connectivity index (χ1n) is 3.01. The number of hydrogen-bond acceptors (Lipinski definition) is 3. The molecule has 0 aromatic carbocycles. The SMILES string of the molecule is C=C/C(=C\C(=C)OC(F)(F)F)N=O. The van der Waals surface area contributed by atoms with Gasteiger partial charge in [0.2, 0.25) is 0 Å². The minimum atomic E-state index is -4.82. The monoisotopic (exact) mass is 193 g/mol. The van der Waals surface area contributed by atoms with Crippen molar-refractivity contribution in [2.75, 3.05) is 0 Å². The van der Waals surface area contributed by atoms with Gasteiger partial charge < -0.3 is 4.74 Å². The van der Waals surface area contributed by atoms with Gasteiger partial charge in [0.05, 0.1) is 0 Å². The average Bonchev–Trinajstić information content (AvgIpc) is 1.96. The Kier molecular flexibility index (Phi) is 3.90. The van der Waals surface area contributed by atoms with Crippen molar-refractivity contribution in [3.63, 3.8) is 0 Å². The summed E-state index contributed by atoms with van der Waals surface area (Å²) in [6.07, 6.45) is -3.10. The lowest BCUT2D eigenvalue weighted by molar-refractivity contribution is -0.303. The summed E-state index contributed by atoms with van der Waals surface area (Å²) in [7, 11) is 0. The van der Waals surface area contributed by atoms with Gasteiger partial charge >= 0.3 is 6.36 Å². The number of alkyl halides is 3. The van der Waals surface area contributed by atoms with Crippen molar-refractivity contribution in [1.82, 2.24) is 0 Å². The molecule has 0 fully saturated rings. The highest BCUT2D eigenvalue weighted by atomic mass is 19.4.